The Bertz CT molecular complexity index is 582. The summed E-state index contributed by atoms with van der Waals surface area (Å²) in [5.41, 5.74) is 0. The summed E-state index contributed by atoms with van der Waals surface area (Å²) in [6.07, 6.45) is 0.895. The number of hydrogen-bond acceptors (Lipinski definition) is 4. The molecule has 0 fully saturated rings. The average Bonchev–Trinajstić information content (AvgIpc) is 3.11. The smallest absolute Gasteiger partial charge is 0.191 e. The third kappa shape index (κ3) is 6.20. The van der Waals surface area contributed by atoms with Crippen molar-refractivity contribution in [3.63, 3.8) is 0 Å². The Hall–Kier alpha value is -2.21. The van der Waals surface area contributed by atoms with Gasteiger partial charge in [-0.25, -0.2) is 0 Å². The Labute approximate surface area is 141 Å². The standard InChI is InChI=1S/C17H23N3O2S/c1-18-17(20-13-16-5-3-12-23-16)19-10-4-11-22-15-8-6-14(21-2)7-9-15/h3,5-9,12H,4,10-11,13H2,1-2H3,(H2,18,19,20). The highest BCUT2D eigenvalue weighted by Gasteiger charge is 1.99. The van der Waals surface area contributed by atoms with Crippen LogP contribution in [0.5, 0.6) is 11.5 Å². The van der Waals surface area contributed by atoms with E-state index in [4.69, 9.17) is 9.47 Å². The molecule has 0 aliphatic rings. The Morgan fingerprint density at radius 2 is 1.91 bits per heavy atom. The van der Waals surface area contributed by atoms with E-state index >= 15 is 0 Å². The fourth-order valence-electron chi connectivity index (χ4n) is 1.95. The molecular formula is C17H23N3O2S. The van der Waals surface area contributed by atoms with Crippen LogP contribution in [0.4, 0.5) is 0 Å². The van der Waals surface area contributed by atoms with Crippen LogP contribution in [-0.2, 0) is 6.54 Å². The molecule has 1 aromatic heterocycles. The van der Waals surface area contributed by atoms with E-state index in [0.29, 0.717) is 6.61 Å². The molecule has 6 heteroatoms. The zero-order valence-corrected chi connectivity index (χ0v) is 14.4. The minimum atomic E-state index is 0.654. The minimum Gasteiger partial charge on any atom is -0.497 e. The highest BCUT2D eigenvalue weighted by molar-refractivity contribution is 7.09. The van der Waals surface area contributed by atoms with Crippen molar-refractivity contribution in [2.45, 2.75) is 13.0 Å². The topological polar surface area (TPSA) is 54.9 Å². The van der Waals surface area contributed by atoms with Crippen molar-refractivity contribution in [1.29, 1.82) is 0 Å². The maximum absolute atomic E-state index is 5.69. The molecular weight excluding hydrogens is 310 g/mol. The number of guanidine groups is 1. The van der Waals surface area contributed by atoms with Gasteiger partial charge in [0, 0.05) is 18.5 Å². The number of nitrogens with one attached hydrogen (secondary N) is 2. The Morgan fingerprint density at radius 1 is 1.13 bits per heavy atom. The first-order valence-corrected chi connectivity index (χ1v) is 8.43. The van der Waals surface area contributed by atoms with E-state index in [0.717, 1.165) is 37.0 Å². The van der Waals surface area contributed by atoms with E-state index in [1.807, 2.05) is 30.3 Å². The molecule has 0 bridgehead atoms. The molecule has 1 aromatic carbocycles. The second kappa shape index (κ2) is 9.74. The van der Waals surface area contributed by atoms with Gasteiger partial charge in [0.15, 0.2) is 5.96 Å². The van der Waals surface area contributed by atoms with Crippen LogP contribution in [0, 0.1) is 0 Å². The third-order valence-corrected chi connectivity index (χ3v) is 4.05. The lowest BCUT2D eigenvalue weighted by Crippen LogP contribution is -2.37. The Balaban J connectivity index is 1.59. The molecule has 5 nitrogen and oxygen atoms in total. The molecule has 0 aliphatic carbocycles. The van der Waals surface area contributed by atoms with Crippen LogP contribution < -0.4 is 20.1 Å². The summed E-state index contributed by atoms with van der Waals surface area (Å²) in [5, 5.41) is 8.64. The largest absolute Gasteiger partial charge is 0.497 e. The summed E-state index contributed by atoms with van der Waals surface area (Å²) >= 11 is 1.73. The van der Waals surface area contributed by atoms with E-state index in [-0.39, 0.29) is 0 Å². The molecule has 0 unspecified atom stereocenters. The van der Waals surface area contributed by atoms with Crippen molar-refractivity contribution in [2.24, 2.45) is 4.99 Å². The normalized spacial score (nSPS) is 11.1. The molecule has 1 heterocycles. The van der Waals surface area contributed by atoms with Crippen molar-refractivity contribution < 1.29 is 9.47 Å². The van der Waals surface area contributed by atoms with Crippen molar-refractivity contribution in [3.05, 3.63) is 46.7 Å². The van der Waals surface area contributed by atoms with Gasteiger partial charge in [-0.1, -0.05) is 6.07 Å². The van der Waals surface area contributed by atoms with Gasteiger partial charge in [0.25, 0.3) is 0 Å². The van der Waals surface area contributed by atoms with E-state index in [9.17, 15) is 0 Å². The van der Waals surface area contributed by atoms with Gasteiger partial charge >= 0.3 is 0 Å². The first-order valence-electron chi connectivity index (χ1n) is 7.55. The lowest BCUT2D eigenvalue weighted by atomic mass is 10.3. The third-order valence-electron chi connectivity index (χ3n) is 3.18. The van der Waals surface area contributed by atoms with Crippen LogP contribution in [0.25, 0.3) is 0 Å². The fraction of sp³-hybridized carbons (Fsp3) is 0.353. The van der Waals surface area contributed by atoms with Crippen LogP contribution >= 0.6 is 11.3 Å². The Kier molecular flexibility index (Phi) is 7.26. The van der Waals surface area contributed by atoms with Gasteiger partial charge in [0.2, 0.25) is 0 Å². The predicted molar refractivity (Wildman–Crippen MR) is 95.6 cm³/mol. The maximum atomic E-state index is 5.69. The van der Waals surface area contributed by atoms with Crippen molar-refractivity contribution in [2.75, 3.05) is 27.3 Å². The van der Waals surface area contributed by atoms with E-state index in [2.05, 4.69) is 27.1 Å². The molecule has 0 amide bonds. The second-order valence-electron chi connectivity index (χ2n) is 4.81. The maximum Gasteiger partial charge on any atom is 0.191 e. The number of methoxy groups -OCH3 is 1. The summed E-state index contributed by atoms with van der Waals surface area (Å²) in [4.78, 5) is 5.49. The zero-order chi connectivity index (χ0) is 16.3. The van der Waals surface area contributed by atoms with Crippen LogP contribution in [0.2, 0.25) is 0 Å². The van der Waals surface area contributed by atoms with Gasteiger partial charge in [0.1, 0.15) is 11.5 Å². The van der Waals surface area contributed by atoms with E-state index < -0.39 is 0 Å². The molecule has 2 rings (SSSR count). The number of benzene rings is 1. The molecule has 0 saturated carbocycles. The van der Waals surface area contributed by atoms with Crippen molar-refractivity contribution >= 4 is 17.3 Å². The highest BCUT2D eigenvalue weighted by atomic mass is 32.1. The monoisotopic (exact) mass is 333 g/mol. The van der Waals surface area contributed by atoms with Gasteiger partial charge in [0.05, 0.1) is 20.3 Å². The number of rotatable bonds is 8. The summed E-state index contributed by atoms with van der Waals surface area (Å²) in [6.45, 7) is 2.25. The summed E-state index contributed by atoms with van der Waals surface area (Å²) in [7, 11) is 3.43. The van der Waals surface area contributed by atoms with Gasteiger partial charge in [-0.05, 0) is 42.1 Å². The van der Waals surface area contributed by atoms with Crippen molar-refractivity contribution in [1.82, 2.24) is 10.6 Å². The SMILES string of the molecule is CN=C(NCCCOc1ccc(OC)cc1)NCc1cccs1. The van der Waals surface area contributed by atoms with Crippen LogP contribution in [0.3, 0.4) is 0 Å². The van der Waals surface area contributed by atoms with Gasteiger partial charge in [-0.2, -0.15) is 0 Å². The molecule has 124 valence electrons. The zero-order valence-electron chi connectivity index (χ0n) is 13.5. The van der Waals surface area contributed by atoms with Crippen LogP contribution in [0.15, 0.2) is 46.8 Å². The average molecular weight is 333 g/mol. The summed E-state index contributed by atoms with van der Waals surface area (Å²) in [5.74, 6) is 2.49. The first-order chi connectivity index (χ1) is 11.3. The molecule has 2 aromatic rings. The minimum absolute atomic E-state index is 0.654. The molecule has 0 aliphatic heterocycles. The quantitative estimate of drug-likeness (QED) is 0.443. The number of thiophene rings is 1. The van der Waals surface area contributed by atoms with Gasteiger partial charge < -0.3 is 20.1 Å². The van der Waals surface area contributed by atoms with E-state index in [1.165, 1.54) is 4.88 Å². The van der Waals surface area contributed by atoms with Crippen LogP contribution in [0.1, 0.15) is 11.3 Å². The highest BCUT2D eigenvalue weighted by Crippen LogP contribution is 2.16. The van der Waals surface area contributed by atoms with Gasteiger partial charge in [-0.15, -0.1) is 11.3 Å². The predicted octanol–water partition coefficient (Wildman–Crippen LogP) is 2.89. The number of aliphatic imine (C=N–C) groups is 1. The molecule has 2 N–H and O–H groups in total. The molecule has 0 atom stereocenters. The lowest BCUT2D eigenvalue weighted by molar-refractivity contribution is 0.310. The van der Waals surface area contributed by atoms with Gasteiger partial charge in [-0.3, -0.25) is 4.99 Å². The van der Waals surface area contributed by atoms with E-state index in [1.54, 1.807) is 25.5 Å². The summed E-state index contributed by atoms with van der Waals surface area (Å²) in [6, 6.07) is 11.8. The molecule has 23 heavy (non-hydrogen) atoms. The number of hydrogen-bond donors (Lipinski definition) is 2. The number of ether oxygens (including phenoxy) is 2. The second-order valence-corrected chi connectivity index (χ2v) is 5.84. The lowest BCUT2D eigenvalue weighted by Gasteiger charge is -2.11. The Morgan fingerprint density at radius 3 is 2.57 bits per heavy atom. The molecule has 0 spiro atoms. The van der Waals surface area contributed by atoms with Crippen LogP contribution in [-0.4, -0.2) is 33.3 Å². The molecule has 0 saturated heterocycles. The summed E-state index contributed by atoms with van der Waals surface area (Å²) < 4.78 is 10.8. The van der Waals surface area contributed by atoms with Crippen molar-refractivity contribution in [3.8, 4) is 11.5 Å². The fourth-order valence-corrected chi connectivity index (χ4v) is 2.59. The number of nitrogens with zero attached hydrogens (tertiary/aromatic N) is 1. The first kappa shape index (κ1) is 17.1. The molecule has 0 radical (unpaired) electrons.